The molecule has 0 unspecified atom stereocenters. The first kappa shape index (κ1) is 14.7. The van der Waals surface area contributed by atoms with Gasteiger partial charge >= 0.3 is 0 Å². The van der Waals surface area contributed by atoms with E-state index in [9.17, 15) is 4.39 Å². The fraction of sp³-hybridized carbons (Fsp3) is 0.286. The van der Waals surface area contributed by atoms with Gasteiger partial charge in [-0.3, -0.25) is 0 Å². The maximum absolute atomic E-state index is 13.7. The van der Waals surface area contributed by atoms with Crippen LogP contribution in [0, 0.1) is 5.82 Å². The Morgan fingerprint density at radius 3 is 2.85 bits per heavy atom. The highest BCUT2D eigenvalue weighted by atomic mass is 35.5. The number of halogens is 2. The minimum absolute atomic E-state index is 0.192. The zero-order chi connectivity index (χ0) is 14.5. The Kier molecular flexibility index (Phi) is 4.87. The van der Waals surface area contributed by atoms with Crippen molar-refractivity contribution in [3.63, 3.8) is 0 Å². The average molecular weight is 295 g/mol. The van der Waals surface area contributed by atoms with Crippen molar-refractivity contribution in [2.75, 3.05) is 19.4 Å². The molecular formula is C14H16ClFN4. The van der Waals surface area contributed by atoms with Gasteiger partial charge in [0.2, 0.25) is 0 Å². The van der Waals surface area contributed by atoms with Crippen molar-refractivity contribution in [2.24, 2.45) is 0 Å². The van der Waals surface area contributed by atoms with E-state index in [1.807, 2.05) is 25.1 Å². The number of anilines is 1. The Labute approximate surface area is 122 Å². The summed E-state index contributed by atoms with van der Waals surface area (Å²) in [5.41, 5.74) is 1.64. The number of nitrogens with zero attached hydrogens (tertiary/aromatic N) is 3. The minimum atomic E-state index is -0.192. The summed E-state index contributed by atoms with van der Waals surface area (Å²) in [6, 6.07) is 5.07. The second-order valence-corrected chi connectivity index (χ2v) is 5.14. The van der Waals surface area contributed by atoms with Crippen molar-refractivity contribution < 1.29 is 4.39 Å². The zero-order valence-corrected chi connectivity index (χ0v) is 12.2. The normalized spacial score (nSPS) is 10.8. The second-order valence-electron chi connectivity index (χ2n) is 4.74. The number of nitrogens with one attached hydrogen (secondary N) is 1. The Morgan fingerprint density at radius 2 is 2.15 bits per heavy atom. The summed E-state index contributed by atoms with van der Waals surface area (Å²) in [7, 11) is 3.82. The molecule has 0 aliphatic carbocycles. The SMILES string of the molecule is CN(C)Cc1cc(CNc2ncncc2Cl)ccc1F. The minimum Gasteiger partial charge on any atom is -0.365 e. The van der Waals surface area contributed by atoms with Gasteiger partial charge in [0.25, 0.3) is 0 Å². The highest BCUT2D eigenvalue weighted by Gasteiger charge is 2.06. The monoisotopic (exact) mass is 294 g/mol. The summed E-state index contributed by atoms with van der Waals surface area (Å²) in [4.78, 5) is 9.79. The lowest BCUT2D eigenvalue weighted by Gasteiger charge is -2.12. The summed E-state index contributed by atoms with van der Waals surface area (Å²) in [6.45, 7) is 1.09. The smallest absolute Gasteiger partial charge is 0.148 e. The van der Waals surface area contributed by atoms with Crippen LogP contribution >= 0.6 is 11.6 Å². The van der Waals surface area contributed by atoms with Crippen LogP contribution in [0.4, 0.5) is 10.2 Å². The molecule has 0 aliphatic heterocycles. The maximum Gasteiger partial charge on any atom is 0.148 e. The Balaban J connectivity index is 2.08. The van der Waals surface area contributed by atoms with E-state index in [1.54, 1.807) is 6.07 Å². The van der Waals surface area contributed by atoms with E-state index < -0.39 is 0 Å². The van der Waals surface area contributed by atoms with E-state index in [-0.39, 0.29) is 5.82 Å². The Bertz CT molecular complexity index is 589. The highest BCUT2D eigenvalue weighted by Crippen LogP contribution is 2.18. The van der Waals surface area contributed by atoms with Crippen molar-refractivity contribution in [3.05, 3.63) is 52.7 Å². The van der Waals surface area contributed by atoms with Gasteiger partial charge in [0.15, 0.2) is 0 Å². The molecule has 0 atom stereocenters. The Morgan fingerprint density at radius 1 is 1.35 bits per heavy atom. The van der Waals surface area contributed by atoms with Crippen molar-refractivity contribution in [3.8, 4) is 0 Å². The van der Waals surface area contributed by atoms with E-state index in [0.29, 0.717) is 29.5 Å². The average Bonchev–Trinajstić information content (AvgIpc) is 2.40. The van der Waals surface area contributed by atoms with Crippen LogP contribution in [-0.2, 0) is 13.1 Å². The lowest BCUT2D eigenvalue weighted by Crippen LogP contribution is -2.12. The summed E-state index contributed by atoms with van der Waals surface area (Å²) >= 11 is 5.96. The number of hydrogen-bond donors (Lipinski definition) is 1. The van der Waals surface area contributed by atoms with E-state index >= 15 is 0 Å². The summed E-state index contributed by atoms with van der Waals surface area (Å²) in [5, 5.41) is 3.57. The largest absolute Gasteiger partial charge is 0.365 e. The van der Waals surface area contributed by atoms with Gasteiger partial charge in [-0.2, -0.15) is 0 Å². The topological polar surface area (TPSA) is 41.0 Å². The molecule has 6 heteroatoms. The predicted molar refractivity (Wildman–Crippen MR) is 78.2 cm³/mol. The van der Waals surface area contributed by atoms with Crippen LogP contribution in [0.2, 0.25) is 5.02 Å². The van der Waals surface area contributed by atoms with Crippen molar-refractivity contribution >= 4 is 17.4 Å². The quantitative estimate of drug-likeness (QED) is 0.920. The van der Waals surface area contributed by atoms with Gasteiger partial charge < -0.3 is 10.2 Å². The molecule has 0 amide bonds. The second kappa shape index (κ2) is 6.63. The molecule has 4 nitrogen and oxygen atoms in total. The van der Waals surface area contributed by atoms with Crippen LogP contribution in [0.25, 0.3) is 0 Å². The van der Waals surface area contributed by atoms with E-state index in [4.69, 9.17) is 11.6 Å². The Hall–Kier alpha value is -1.72. The third-order valence-corrected chi connectivity index (χ3v) is 3.00. The first-order valence-electron chi connectivity index (χ1n) is 6.17. The number of benzene rings is 1. The van der Waals surface area contributed by atoms with Crippen molar-refractivity contribution in [2.45, 2.75) is 13.1 Å². The summed E-state index contributed by atoms with van der Waals surface area (Å²) in [5.74, 6) is 0.377. The summed E-state index contributed by atoms with van der Waals surface area (Å²) in [6.07, 6.45) is 2.95. The molecule has 106 valence electrons. The number of rotatable bonds is 5. The van der Waals surface area contributed by atoms with Crippen LogP contribution < -0.4 is 5.32 Å². The van der Waals surface area contributed by atoms with Gasteiger partial charge in [0, 0.05) is 18.7 Å². The molecule has 1 heterocycles. The van der Waals surface area contributed by atoms with Crippen LogP contribution in [0.3, 0.4) is 0 Å². The molecule has 1 N–H and O–H groups in total. The molecule has 0 saturated carbocycles. The molecular weight excluding hydrogens is 279 g/mol. The van der Waals surface area contributed by atoms with Gasteiger partial charge in [0.1, 0.15) is 23.0 Å². The van der Waals surface area contributed by atoms with E-state index in [2.05, 4.69) is 15.3 Å². The van der Waals surface area contributed by atoms with Gasteiger partial charge in [-0.15, -0.1) is 0 Å². The standard InChI is InChI=1S/C14H16ClFN4/c1-20(2)8-11-5-10(3-4-13(11)16)6-18-14-12(15)7-17-9-19-14/h3-5,7,9H,6,8H2,1-2H3,(H,17,18,19). The zero-order valence-electron chi connectivity index (χ0n) is 11.4. The van der Waals surface area contributed by atoms with Crippen LogP contribution in [0.5, 0.6) is 0 Å². The van der Waals surface area contributed by atoms with Gasteiger partial charge in [-0.1, -0.05) is 17.7 Å². The van der Waals surface area contributed by atoms with E-state index in [1.165, 1.54) is 18.6 Å². The first-order valence-corrected chi connectivity index (χ1v) is 6.55. The van der Waals surface area contributed by atoms with E-state index in [0.717, 1.165) is 5.56 Å². The fourth-order valence-electron chi connectivity index (χ4n) is 1.83. The molecule has 20 heavy (non-hydrogen) atoms. The van der Waals surface area contributed by atoms with Crippen molar-refractivity contribution in [1.82, 2.24) is 14.9 Å². The van der Waals surface area contributed by atoms with Gasteiger partial charge in [0.05, 0.1) is 6.20 Å². The molecule has 1 aromatic carbocycles. The first-order chi connectivity index (χ1) is 9.56. The summed E-state index contributed by atoms with van der Waals surface area (Å²) < 4.78 is 13.7. The predicted octanol–water partition coefficient (Wildman–Crippen LogP) is 2.94. The van der Waals surface area contributed by atoms with Crippen LogP contribution in [-0.4, -0.2) is 29.0 Å². The third kappa shape index (κ3) is 3.88. The molecule has 0 radical (unpaired) electrons. The number of hydrogen-bond acceptors (Lipinski definition) is 4. The van der Waals surface area contributed by atoms with Crippen molar-refractivity contribution in [1.29, 1.82) is 0 Å². The lowest BCUT2D eigenvalue weighted by molar-refractivity contribution is 0.392. The lowest BCUT2D eigenvalue weighted by atomic mass is 10.1. The highest BCUT2D eigenvalue weighted by molar-refractivity contribution is 6.32. The molecule has 0 spiro atoms. The molecule has 0 saturated heterocycles. The molecule has 1 aromatic heterocycles. The van der Waals surface area contributed by atoms with Gasteiger partial charge in [-0.25, -0.2) is 14.4 Å². The van der Waals surface area contributed by atoms with Crippen LogP contribution in [0.1, 0.15) is 11.1 Å². The molecule has 0 aliphatic rings. The molecule has 2 aromatic rings. The fourth-order valence-corrected chi connectivity index (χ4v) is 2.00. The number of aromatic nitrogens is 2. The molecule has 0 fully saturated rings. The molecule has 0 bridgehead atoms. The third-order valence-electron chi connectivity index (χ3n) is 2.72. The van der Waals surface area contributed by atoms with Gasteiger partial charge in [-0.05, 0) is 31.8 Å². The maximum atomic E-state index is 13.7. The molecule has 2 rings (SSSR count). The van der Waals surface area contributed by atoms with Crippen LogP contribution in [0.15, 0.2) is 30.7 Å².